The molecule has 1 N–H and O–H groups in total. The molecular weight excluding hydrogens is 306 g/mol. The van der Waals surface area contributed by atoms with Gasteiger partial charge in [0.2, 0.25) is 5.79 Å². The van der Waals surface area contributed by atoms with E-state index in [-0.39, 0.29) is 18.5 Å². The molecule has 2 aromatic rings. The van der Waals surface area contributed by atoms with Crippen LogP contribution in [0.4, 0.5) is 4.79 Å². The van der Waals surface area contributed by atoms with Crippen molar-refractivity contribution in [1.82, 2.24) is 5.32 Å². The molecule has 0 bridgehead atoms. The Hall–Kier alpha value is -2.37. The van der Waals surface area contributed by atoms with E-state index in [4.69, 9.17) is 14.2 Å². The van der Waals surface area contributed by atoms with E-state index in [2.05, 4.69) is 5.32 Å². The topological polar surface area (TPSA) is 56.8 Å². The maximum Gasteiger partial charge on any atom is 0.407 e. The fourth-order valence-electron chi connectivity index (χ4n) is 3.36. The summed E-state index contributed by atoms with van der Waals surface area (Å²) in [6, 6.07) is 17.9. The second-order valence-corrected chi connectivity index (χ2v) is 6.06. The molecule has 4 rings (SSSR count). The number of hydrogen-bond donors (Lipinski definition) is 1. The Morgan fingerprint density at radius 2 is 1.79 bits per heavy atom. The minimum atomic E-state index is -0.896. The first-order valence-corrected chi connectivity index (χ1v) is 8.11. The van der Waals surface area contributed by atoms with E-state index >= 15 is 0 Å². The number of cyclic esters (lactones) is 1. The molecule has 0 saturated carbocycles. The van der Waals surface area contributed by atoms with Crippen molar-refractivity contribution in [3.8, 4) is 0 Å². The highest BCUT2D eigenvalue weighted by Gasteiger charge is 2.49. The summed E-state index contributed by atoms with van der Waals surface area (Å²) in [6.45, 7) is 2.40. The van der Waals surface area contributed by atoms with Crippen LogP contribution in [0.1, 0.15) is 23.6 Å². The number of ether oxygens (including phenoxy) is 3. The summed E-state index contributed by atoms with van der Waals surface area (Å²) in [5.74, 6) is -0.896. The van der Waals surface area contributed by atoms with Crippen molar-refractivity contribution in [1.29, 1.82) is 0 Å². The van der Waals surface area contributed by atoms with Gasteiger partial charge in [-0.3, -0.25) is 0 Å². The standard InChI is InChI=1S/C19H19NO4/c1-13-23-19(24-13,15-8-3-2-4-9-15)17-10-6-5-7-14(17)11-16-12-20-18(21)22-16/h2-10,13,16H,11-12H2,1H3,(H,20,21). The number of nitrogens with one attached hydrogen (secondary N) is 1. The number of benzene rings is 2. The summed E-state index contributed by atoms with van der Waals surface area (Å²) < 4.78 is 17.4. The maximum absolute atomic E-state index is 11.3. The molecule has 0 aromatic heterocycles. The van der Waals surface area contributed by atoms with Crippen molar-refractivity contribution < 1.29 is 19.0 Å². The summed E-state index contributed by atoms with van der Waals surface area (Å²) in [5, 5.41) is 2.69. The second-order valence-electron chi connectivity index (χ2n) is 6.06. The van der Waals surface area contributed by atoms with Gasteiger partial charge >= 0.3 is 6.09 Å². The molecule has 2 aliphatic rings. The summed E-state index contributed by atoms with van der Waals surface area (Å²) >= 11 is 0. The van der Waals surface area contributed by atoms with Crippen LogP contribution in [-0.2, 0) is 26.4 Å². The number of amides is 1. The van der Waals surface area contributed by atoms with Crippen molar-refractivity contribution in [3.63, 3.8) is 0 Å². The van der Waals surface area contributed by atoms with Crippen molar-refractivity contribution in [2.45, 2.75) is 31.5 Å². The van der Waals surface area contributed by atoms with Gasteiger partial charge in [-0.25, -0.2) is 4.79 Å². The Balaban J connectivity index is 1.70. The van der Waals surface area contributed by atoms with Gasteiger partial charge < -0.3 is 19.5 Å². The van der Waals surface area contributed by atoms with Crippen molar-refractivity contribution >= 4 is 6.09 Å². The first-order valence-electron chi connectivity index (χ1n) is 8.11. The number of alkyl carbamates (subject to hydrolysis) is 1. The third kappa shape index (κ3) is 2.56. The minimum absolute atomic E-state index is 0.177. The molecule has 0 radical (unpaired) electrons. The Bertz CT molecular complexity index is 740. The molecule has 2 saturated heterocycles. The van der Waals surface area contributed by atoms with Crippen LogP contribution in [0.25, 0.3) is 0 Å². The highest BCUT2D eigenvalue weighted by atomic mass is 16.9. The molecule has 2 aliphatic heterocycles. The second kappa shape index (κ2) is 5.92. The Labute approximate surface area is 140 Å². The van der Waals surface area contributed by atoms with E-state index in [0.717, 1.165) is 16.7 Å². The Morgan fingerprint density at radius 1 is 1.08 bits per heavy atom. The molecule has 2 fully saturated rings. The van der Waals surface area contributed by atoms with Crippen LogP contribution in [0.2, 0.25) is 0 Å². The van der Waals surface area contributed by atoms with Gasteiger partial charge in [0.15, 0.2) is 6.29 Å². The van der Waals surface area contributed by atoms with E-state index in [1.807, 2.05) is 61.5 Å². The molecule has 5 nitrogen and oxygen atoms in total. The quantitative estimate of drug-likeness (QED) is 0.939. The van der Waals surface area contributed by atoms with E-state index < -0.39 is 5.79 Å². The minimum Gasteiger partial charge on any atom is -0.444 e. The van der Waals surface area contributed by atoms with Crippen molar-refractivity contribution in [2.75, 3.05) is 6.54 Å². The average Bonchev–Trinajstić information content (AvgIpc) is 2.98. The zero-order chi connectivity index (χ0) is 16.6. The predicted molar refractivity (Wildman–Crippen MR) is 87.3 cm³/mol. The molecule has 2 heterocycles. The highest BCUT2D eigenvalue weighted by molar-refractivity contribution is 5.69. The van der Waals surface area contributed by atoms with Gasteiger partial charge in [-0.15, -0.1) is 0 Å². The normalized spacial score (nSPS) is 28.8. The number of rotatable bonds is 4. The summed E-state index contributed by atoms with van der Waals surface area (Å²) in [5.41, 5.74) is 2.96. The van der Waals surface area contributed by atoms with E-state index in [1.165, 1.54) is 0 Å². The molecule has 1 atom stereocenters. The molecular formula is C19H19NO4. The maximum atomic E-state index is 11.3. The first-order chi connectivity index (χ1) is 11.7. The summed E-state index contributed by atoms with van der Waals surface area (Å²) in [6.07, 6.45) is -0.182. The van der Waals surface area contributed by atoms with Crippen molar-refractivity contribution in [3.05, 3.63) is 71.3 Å². The summed E-state index contributed by atoms with van der Waals surface area (Å²) in [7, 11) is 0. The largest absolute Gasteiger partial charge is 0.444 e. The third-order valence-corrected chi connectivity index (χ3v) is 4.38. The van der Waals surface area contributed by atoms with E-state index in [0.29, 0.717) is 13.0 Å². The van der Waals surface area contributed by atoms with Gasteiger partial charge in [0.25, 0.3) is 0 Å². The molecule has 124 valence electrons. The molecule has 5 heteroatoms. The number of carbonyl (C=O) groups is 1. The van der Waals surface area contributed by atoms with Crippen LogP contribution in [0, 0.1) is 0 Å². The van der Waals surface area contributed by atoms with Gasteiger partial charge in [-0.2, -0.15) is 0 Å². The smallest absolute Gasteiger partial charge is 0.407 e. The lowest BCUT2D eigenvalue weighted by molar-refractivity contribution is -0.436. The van der Waals surface area contributed by atoms with E-state index in [1.54, 1.807) is 0 Å². The van der Waals surface area contributed by atoms with Gasteiger partial charge in [0.05, 0.1) is 6.54 Å². The SMILES string of the molecule is CC1OC(c2ccccc2)(c2ccccc2CC2CNC(=O)O2)O1. The van der Waals surface area contributed by atoms with Crippen LogP contribution >= 0.6 is 0 Å². The van der Waals surface area contributed by atoms with Gasteiger partial charge in [-0.1, -0.05) is 54.6 Å². The first kappa shape index (κ1) is 15.2. The van der Waals surface area contributed by atoms with Crippen LogP contribution in [0.15, 0.2) is 54.6 Å². The average molecular weight is 325 g/mol. The zero-order valence-corrected chi connectivity index (χ0v) is 13.4. The molecule has 1 unspecified atom stereocenters. The molecule has 2 aromatic carbocycles. The summed E-state index contributed by atoms with van der Waals surface area (Å²) in [4.78, 5) is 11.3. The third-order valence-electron chi connectivity index (χ3n) is 4.38. The van der Waals surface area contributed by atoms with Gasteiger partial charge in [-0.05, 0) is 12.5 Å². The highest BCUT2D eigenvalue weighted by Crippen LogP contribution is 2.45. The fraction of sp³-hybridized carbons (Fsp3) is 0.316. The molecule has 1 amide bonds. The van der Waals surface area contributed by atoms with Crippen LogP contribution in [0.3, 0.4) is 0 Å². The molecule has 0 aliphatic carbocycles. The lowest BCUT2D eigenvalue weighted by Gasteiger charge is -2.47. The number of carbonyl (C=O) groups excluding carboxylic acids is 1. The Kier molecular flexibility index (Phi) is 3.75. The van der Waals surface area contributed by atoms with Crippen LogP contribution < -0.4 is 5.32 Å². The Morgan fingerprint density at radius 3 is 2.46 bits per heavy atom. The molecule has 0 spiro atoms. The monoisotopic (exact) mass is 325 g/mol. The van der Waals surface area contributed by atoms with Gasteiger partial charge in [0, 0.05) is 17.5 Å². The van der Waals surface area contributed by atoms with Crippen molar-refractivity contribution in [2.24, 2.45) is 0 Å². The van der Waals surface area contributed by atoms with Gasteiger partial charge in [0.1, 0.15) is 6.10 Å². The molecule has 24 heavy (non-hydrogen) atoms. The predicted octanol–water partition coefficient (Wildman–Crippen LogP) is 2.93. The lowest BCUT2D eigenvalue weighted by Crippen LogP contribution is -2.51. The zero-order valence-electron chi connectivity index (χ0n) is 13.4. The van der Waals surface area contributed by atoms with E-state index in [9.17, 15) is 4.79 Å². The fourth-order valence-corrected chi connectivity index (χ4v) is 3.36. The van der Waals surface area contributed by atoms with Crippen LogP contribution in [-0.4, -0.2) is 25.0 Å². The van der Waals surface area contributed by atoms with Crippen LogP contribution in [0.5, 0.6) is 0 Å². The lowest BCUT2D eigenvalue weighted by atomic mass is 9.89. The number of hydrogen-bond acceptors (Lipinski definition) is 4.